The van der Waals surface area contributed by atoms with Gasteiger partial charge in [0, 0.05) is 43.9 Å². The Morgan fingerprint density at radius 1 is 0.829 bits per heavy atom. The highest BCUT2D eigenvalue weighted by molar-refractivity contribution is 6.01. The Balaban J connectivity index is 1.22. The summed E-state index contributed by atoms with van der Waals surface area (Å²) in [4.78, 5) is 29.6. The van der Waals surface area contributed by atoms with Gasteiger partial charge in [-0.1, -0.05) is 48.5 Å². The Labute approximate surface area is 207 Å². The quantitative estimate of drug-likeness (QED) is 0.328. The molecule has 1 aliphatic heterocycles. The standard InChI is InChI=1S/C29H33N3O3/c30-29(34)26-21-24(14-15-28(26)35-22-23-9-3-1-4-10-23)27(33)13-7-8-16-31-17-19-32(20-18-31)25-11-5-2-6-12-25/h1-6,9-12,14-15,21H,7-8,13,16-20,22H2,(H2,30,34). The van der Waals surface area contributed by atoms with Crippen molar-refractivity contribution in [3.05, 3.63) is 95.6 Å². The molecule has 1 fully saturated rings. The van der Waals surface area contributed by atoms with Crippen LogP contribution in [0, 0.1) is 0 Å². The van der Waals surface area contributed by atoms with E-state index in [9.17, 15) is 9.59 Å². The monoisotopic (exact) mass is 471 g/mol. The third kappa shape index (κ3) is 6.93. The minimum atomic E-state index is -0.600. The number of carbonyl (C=O) groups excluding carboxylic acids is 2. The van der Waals surface area contributed by atoms with Crippen LogP contribution in [0.3, 0.4) is 0 Å². The minimum absolute atomic E-state index is 0.0241. The molecule has 1 amide bonds. The van der Waals surface area contributed by atoms with Crippen LogP contribution in [-0.4, -0.2) is 49.3 Å². The molecule has 0 bridgehead atoms. The molecule has 35 heavy (non-hydrogen) atoms. The number of amides is 1. The fourth-order valence-corrected chi connectivity index (χ4v) is 4.39. The number of unbranched alkanes of at least 4 members (excludes halogenated alkanes) is 1. The number of primary amides is 1. The molecule has 4 rings (SSSR count). The third-order valence-electron chi connectivity index (χ3n) is 6.43. The lowest BCUT2D eigenvalue weighted by Crippen LogP contribution is -2.46. The van der Waals surface area contributed by atoms with E-state index >= 15 is 0 Å². The van der Waals surface area contributed by atoms with E-state index in [4.69, 9.17) is 10.5 Å². The van der Waals surface area contributed by atoms with Crippen LogP contribution < -0.4 is 15.4 Å². The van der Waals surface area contributed by atoms with Gasteiger partial charge in [-0.2, -0.15) is 0 Å². The molecule has 3 aromatic rings. The van der Waals surface area contributed by atoms with Crippen molar-refractivity contribution in [3.63, 3.8) is 0 Å². The number of benzene rings is 3. The molecule has 3 aromatic carbocycles. The Bertz CT molecular complexity index is 1110. The Kier molecular flexibility index (Phi) is 8.52. The Morgan fingerprint density at radius 3 is 2.20 bits per heavy atom. The van der Waals surface area contributed by atoms with Gasteiger partial charge in [-0.3, -0.25) is 14.5 Å². The van der Waals surface area contributed by atoms with Gasteiger partial charge in [-0.25, -0.2) is 0 Å². The van der Waals surface area contributed by atoms with Crippen molar-refractivity contribution in [1.29, 1.82) is 0 Å². The summed E-state index contributed by atoms with van der Waals surface area (Å²) >= 11 is 0. The van der Waals surface area contributed by atoms with Crippen molar-refractivity contribution in [1.82, 2.24) is 4.90 Å². The minimum Gasteiger partial charge on any atom is -0.488 e. The van der Waals surface area contributed by atoms with Crippen LogP contribution in [-0.2, 0) is 6.61 Å². The van der Waals surface area contributed by atoms with E-state index in [0.29, 0.717) is 24.3 Å². The molecule has 0 aliphatic carbocycles. The molecule has 0 saturated carbocycles. The number of ketones is 1. The van der Waals surface area contributed by atoms with Gasteiger partial charge in [0.1, 0.15) is 12.4 Å². The maximum absolute atomic E-state index is 12.7. The van der Waals surface area contributed by atoms with E-state index in [1.54, 1.807) is 18.2 Å². The zero-order chi connectivity index (χ0) is 24.5. The second-order valence-electron chi connectivity index (χ2n) is 8.89. The number of rotatable bonds is 11. The number of nitrogens with two attached hydrogens (primary N) is 1. The molecular weight excluding hydrogens is 438 g/mol. The largest absolute Gasteiger partial charge is 0.488 e. The summed E-state index contributed by atoms with van der Waals surface area (Å²) in [5.74, 6) is -0.180. The molecule has 0 atom stereocenters. The van der Waals surface area contributed by atoms with Crippen molar-refractivity contribution in [2.45, 2.75) is 25.9 Å². The summed E-state index contributed by atoms with van der Waals surface area (Å²) in [6, 6.07) is 25.2. The van der Waals surface area contributed by atoms with Gasteiger partial charge >= 0.3 is 0 Å². The van der Waals surface area contributed by atoms with Gasteiger partial charge in [0.2, 0.25) is 0 Å². The molecule has 0 aromatic heterocycles. The molecule has 6 nitrogen and oxygen atoms in total. The number of carbonyl (C=O) groups is 2. The van der Waals surface area contributed by atoms with Gasteiger partial charge in [-0.05, 0) is 55.3 Å². The maximum Gasteiger partial charge on any atom is 0.252 e. The van der Waals surface area contributed by atoms with Crippen LogP contribution in [0.4, 0.5) is 5.69 Å². The number of Topliss-reactive ketones (excluding diaryl/α,β-unsaturated/α-hetero) is 1. The van der Waals surface area contributed by atoms with Crippen molar-refractivity contribution in [2.75, 3.05) is 37.6 Å². The van der Waals surface area contributed by atoms with Gasteiger partial charge in [0.25, 0.3) is 5.91 Å². The first-order chi connectivity index (χ1) is 17.1. The first-order valence-corrected chi connectivity index (χ1v) is 12.3. The van der Waals surface area contributed by atoms with E-state index in [0.717, 1.165) is 51.1 Å². The summed E-state index contributed by atoms with van der Waals surface area (Å²) in [5, 5.41) is 0. The van der Waals surface area contributed by atoms with Gasteiger partial charge in [-0.15, -0.1) is 0 Å². The SMILES string of the molecule is NC(=O)c1cc(C(=O)CCCCN2CCN(c3ccccc3)CC2)ccc1OCc1ccccc1. The average molecular weight is 472 g/mol. The zero-order valence-electron chi connectivity index (χ0n) is 20.1. The molecule has 182 valence electrons. The lowest BCUT2D eigenvalue weighted by atomic mass is 10.0. The van der Waals surface area contributed by atoms with Gasteiger partial charge in [0.15, 0.2) is 5.78 Å². The van der Waals surface area contributed by atoms with Crippen molar-refractivity contribution < 1.29 is 14.3 Å². The van der Waals surface area contributed by atoms with Crippen LogP contribution >= 0.6 is 0 Å². The number of ether oxygens (including phenoxy) is 1. The Hall–Kier alpha value is -3.64. The number of para-hydroxylation sites is 1. The number of hydrogen-bond donors (Lipinski definition) is 1. The molecule has 2 N–H and O–H groups in total. The molecule has 1 saturated heterocycles. The van der Waals surface area contributed by atoms with E-state index in [2.05, 4.69) is 34.1 Å². The highest BCUT2D eigenvalue weighted by Crippen LogP contribution is 2.23. The summed E-state index contributed by atoms with van der Waals surface area (Å²) < 4.78 is 5.80. The second kappa shape index (κ2) is 12.2. The lowest BCUT2D eigenvalue weighted by Gasteiger charge is -2.36. The summed E-state index contributed by atoms with van der Waals surface area (Å²) in [7, 11) is 0. The number of anilines is 1. The number of piperazine rings is 1. The Morgan fingerprint density at radius 2 is 1.51 bits per heavy atom. The van der Waals surface area contributed by atoms with E-state index in [1.807, 2.05) is 36.4 Å². The predicted octanol–water partition coefficient (Wildman–Crippen LogP) is 4.54. The number of nitrogens with zero attached hydrogens (tertiary/aromatic N) is 2. The van der Waals surface area contributed by atoms with Crippen molar-refractivity contribution in [2.24, 2.45) is 5.73 Å². The molecule has 0 unspecified atom stereocenters. The number of hydrogen-bond acceptors (Lipinski definition) is 5. The molecule has 1 heterocycles. The highest BCUT2D eigenvalue weighted by Gasteiger charge is 2.17. The highest BCUT2D eigenvalue weighted by atomic mass is 16.5. The summed E-state index contributed by atoms with van der Waals surface area (Å²) in [5.41, 5.74) is 8.58. The topological polar surface area (TPSA) is 75.9 Å². The first kappa shape index (κ1) is 24.5. The second-order valence-corrected chi connectivity index (χ2v) is 8.89. The van der Waals surface area contributed by atoms with Crippen molar-refractivity contribution in [3.8, 4) is 5.75 Å². The fourth-order valence-electron chi connectivity index (χ4n) is 4.39. The van der Waals surface area contributed by atoms with Crippen LogP contribution in [0.15, 0.2) is 78.9 Å². The average Bonchev–Trinajstić information content (AvgIpc) is 2.91. The van der Waals surface area contributed by atoms with Crippen LogP contribution in [0.1, 0.15) is 45.5 Å². The van der Waals surface area contributed by atoms with E-state index in [-0.39, 0.29) is 11.3 Å². The lowest BCUT2D eigenvalue weighted by molar-refractivity contribution is 0.0977. The molecule has 0 radical (unpaired) electrons. The van der Waals surface area contributed by atoms with Crippen molar-refractivity contribution >= 4 is 17.4 Å². The van der Waals surface area contributed by atoms with E-state index in [1.165, 1.54) is 5.69 Å². The van der Waals surface area contributed by atoms with Gasteiger partial charge < -0.3 is 15.4 Å². The van der Waals surface area contributed by atoms with Crippen LogP contribution in [0.5, 0.6) is 5.75 Å². The molecule has 1 aliphatic rings. The van der Waals surface area contributed by atoms with Gasteiger partial charge in [0.05, 0.1) is 5.56 Å². The summed E-state index contributed by atoms with van der Waals surface area (Å²) in [6.07, 6.45) is 2.24. The molecule has 6 heteroatoms. The van der Waals surface area contributed by atoms with E-state index < -0.39 is 5.91 Å². The normalized spacial score (nSPS) is 14.0. The fraction of sp³-hybridized carbons (Fsp3) is 0.310. The molecule has 0 spiro atoms. The first-order valence-electron chi connectivity index (χ1n) is 12.3. The van der Waals surface area contributed by atoms with Crippen LogP contribution in [0.2, 0.25) is 0 Å². The maximum atomic E-state index is 12.7. The smallest absolute Gasteiger partial charge is 0.252 e. The third-order valence-corrected chi connectivity index (χ3v) is 6.43. The zero-order valence-corrected chi connectivity index (χ0v) is 20.1. The predicted molar refractivity (Wildman–Crippen MR) is 139 cm³/mol. The molecular formula is C29H33N3O3. The summed E-state index contributed by atoms with van der Waals surface area (Å²) in [6.45, 7) is 5.45. The van der Waals surface area contributed by atoms with Crippen LogP contribution in [0.25, 0.3) is 0 Å².